The molecule has 7 heteroatoms. The monoisotopic (exact) mass is 263 g/mol. The molecule has 0 saturated carbocycles. The number of rotatable bonds is 3. The lowest BCUT2D eigenvalue weighted by Gasteiger charge is -2.13. The molecule has 0 aromatic heterocycles. The highest BCUT2D eigenvalue weighted by Gasteiger charge is 2.43. The van der Waals surface area contributed by atoms with E-state index in [1.165, 1.54) is 29.2 Å². The van der Waals surface area contributed by atoms with E-state index in [0.29, 0.717) is 6.42 Å². The maximum absolute atomic E-state index is 12.1. The van der Waals surface area contributed by atoms with E-state index in [4.69, 9.17) is 0 Å². The number of imide groups is 1. The average Bonchev–Trinajstić information content (AvgIpc) is 2.60. The lowest BCUT2D eigenvalue weighted by molar-refractivity contribution is -0.384. The quantitative estimate of drug-likeness (QED) is 0.472. The number of hydrogen-bond donors (Lipinski definition) is 0. The van der Waals surface area contributed by atoms with Gasteiger partial charge in [0.25, 0.3) is 11.6 Å². The minimum atomic E-state index is -0.560. The fourth-order valence-corrected chi connectivity index (χ4v) is 2.13. The van der Waals surface area contributed by atoms with Crippen LogP contribution in [0.25, 0.3) is 0 Å². The lowest BCUT2D eigenvalue weighted by atomic mass is 10.2. The molecule has 1 unspecified atom stereocenters. The molecule has 1 fully saturated rings. The third kappa shape index (κ3) is 2.03. The summed E-state index contributed by atoms with van der Waals surface area (Å²) in [5.74, 6) is -0.351. The summed E-state index contributed by atoms with van der Waals surface area (Å²) in [6.45, 7) is 1.81. The third-order valence-electron chi connectivity index (χ3n) is 3.15. The molecule has 0 radical (unpaired) electrons. The molecule has 7 nitrogen and oxygen atoms in total. The second-order valence-electron chi connectivity index (χ2n) is 4.27. The van der Waals surface area contributed by atoms with E-state index in [1.54, 1.807) is 7.05 Å². The average molecular weight is 263 g/mol. The second-order valence-corrected chi connectivity index (χ2v) is 4.27. The van der Waals surface area contributed by atoms with E-state index in [0.717, 1.165) is 4.90 Å². The van der Waals surface area contributed by atoms with Crippen molar-refractivity contribution in [2.75, 3.05) is 11.9 Å². The highest BCUT2D eigenvalue weighted by Crippen LogP contribution is 2.28. The van der Waals surface area contributed by atoms with Gasteiger partial charge in [0.1, 0.15) is 6.04 Å². The van der Waals surface area contributed by atoms with Gasteiger partial charge in [-0.2, -0.15) is 0 Å². The van der Waals surface area contributed by atoms with Crippen LogP contribution in [-0.4, -0.2) is 34.9 Å². The first-order chi connectivity index (χ1) is 8.97. The molecule has 100 valence electrons. The Morgan fingerprint density at radius 1 is 1.37 bits per heavy atom. The normalized spacial score (nSPS) is 19.2. The van der Waals surface area contributed by atoms with E-state index in [1.807, 2.05) is 6.92 Å². The first kappa shape index (κ1) is 13.0. The summed E-state index contributed by atoms with van der Waals surface area (Å²) in [7, 11) is 1.55. The van der Waals surface area contributed by atoms with Crippen molar-refractivity contribution < 1.29 is 14.5 Å². The first-order valence-electron chi connectivity index (χ1n) is 5.82. The van der Waals surface area contributed by atoms with Gasteiger partial charge < -0.3 is 4.90 Å². The molecule has 0 bridgehead atoms. The molecule has 1 heterocycles. The topological polar surface area (TPSA) is 83.8 Å². The van der Waals surface area contributed by atoms with Gasteiger partial charge >= 0.3 is 6.03 Å². The Morgan fingerprint density at radius 3 is 2.58 bits per heavy atom. The maximum atomic E-state index is 12.1. The zero-order valence-electron chi connectivity index (χ0n) is 10.6. The van der Waals surface area contributed by atoms with Gasteiger partial charge in [-0.05, 0) is 12.5 Å². The van der Waals surface area contributed by atoms with Crippen molar-refractivity contribution in [3.05, 3.63) is 34.4 Å². The molecule has 1 aromatic carbocycles. The number of urea groups is 1. The Kier molecular flexibility index (Phi) is 3.20. The van der Waals surface area contributed by atoms with E-state index < -0.39 is 17.0 Å². The number of carbonyl (C=O) groups is 2. The minimum Gasteiger partial charge on any atom is -0.315 e. The molecule has 2 rings (SSSR count). The molecular formula is C12H13N3O4. The SMILES string of the molecule is CCC1C(=O)N(c2cccc([N+](=O)[O-])c2)C(=O)N1C. The largest absolute Gasteiger partial charge is 0.331 e. The molecule has 0 N–H and O–H groups in total. The molecule has 1 aromatic rings. The second kappa shape index (κ2) is 4.68. The number of benzene rings is 1. The van der Waals surface area contributed by atoms with Crippen molar-refractivity contribution in [1.29, 1.82) is 0 Å². The van der Waals surface area contributed by atoms with Crippen LogP contribution in [0.5, 0.6) is 0 Å². The van der Waals surface area contributed by atoms with Crippen molar-refractivity contribution in [2.24, 2.45) is 0 Å². The van der Waals surface area contributed by atoms with Gasteiger partial charge in [0.05, 0.1) is 10.6 Å². The zero-order valence-corrected chi connectivity index (χ0v) is 10.6. The van der Waals surface area contributed by atoms with Crippen LogP contribution in [0.2, 0.25) is 0 Å². The Balaban J connectivity index is 2.42. The van der Waals surface area contributed by atoms with Crippen molar-refractivity contribution in [2.45, 2.75) is 19.4 Å². The van der Waals surface area contributed by atoms with Crippen molar-refractivity contribution in [3.63, 3.8) is 0 Å². The molecule has 1 aliphatic rings. The summed E-state index contributed by atoms with van der Waals surface area (Å²) in [4.78, 5) is 36.7. The lowest BCUT2D eigenvalue weighted by Crippen LogP contribution is -2.31. The standard InChI is InChI=1S/C12H13N3O4/c1-3-10-11(16)14(12(17)13(10)2)8-5-4-6-9(7-8)15(18)19/h4-7,10H,3H2,1-2H3. The Labute approximate surface area is 109 Å². The number of hydrogen-bond acceptors (Lipinski definition) is 4. The molecule has 1 saturated heterocycles. The zero-order chi connectivity index (χ0) is 14.2. The molecule has 1 atom stereocenters. The summed E-state index contributed by atoms with van der Waals surface area (Å²) in [6.07, 6.45) is 0.506. The van der Waals surface area contributed by atoms with Gasteiger partial charge in [-0.25, -0.2) is 9.69 Å². The molecule has 1 aliphatic heterocycles. The number of nitro benzene ring substituents is 1. The van der Waals surface area contributed by atoms with Gasteiger partial charge in [-0.3, -0.25) is 14.9 Å². The Hall–Kier alpha value is -2.44. The molecule has 0 aliphatic carbocycles. The number of nitro groups is 1. The number of non-ortho nitro benzene ring substituents is 1. The maximum Gasteiger partial charge on any atom is 0.331 e. The van der Waals surface area contributed by atoms with Crippen LogP contribution in [0.4, 0.5) is 16.2 Å². The van der Waals surface area contributed by atoms with Crippen LogP contribution >= 0.6 is 0 Å². The molecular weight excluding hydrogens is 250 g/mol. The number of carbonyl (C=O) groups excluding carboxylic acids is 2. The van der Waals surface area contributed by atoms with E-state index in [2.05, 4.69) is 0 Å². The Bertz CT molecular complexity index is 558. The van der Waals surface area contributed by atoms with Crippen LogP contribution in [-0.2, 0) is 4.79 Å². The van der Waals surface area contributed by atoms with Crippen LogP contribution < -0.4 is 4.90 Å². The molecule has 19 heavy (non-hydrogen) atoms. The number of amides is 3. The fraction of sp³-hybridized carbons (Fsp3) is 0.333. The highest BCUT2D eigenvalue weighted by atomic mass is 16.6. The van der Waals surface area contributed by atoms with E-state index >= 15 is 0 Å². The first-order valence-corrected chi connectivity index (χ1v) is 5.82. The molecule has 3 amide bonds. The van der Waals surface area contributed by atoms with Crippen LogP contribution in [0.15, 0.2) is 24.3 Å². The number of nitrogens with zero attached hydrogens (tertiary/aromatic N) is 3. The summed E-state index contributed by atoms with van der Waals surface area (Å²) < 4.78 is 0. The summed E-state index contributed by atoms with van der Waals surface area (Å²) in [5.41, 5.74) is 0.0766. The van der Waals surface area contributed by atoms with Gasteiger partial charge in [0, 0.05) is 19.2 Å². The Morgan fingerprint density at radius 2 is 2.05 bits per heavy atom. The fourth-order valence-electron chi connectivity index (χ4n) is 2.13. The third-order valence-corrected chi connectivity index (χ3v) is 3.15. The van der Waals surface area contributed by atoms with Gasteiger partial charge in [-0.15, -0.1) is 0 Å². The number of anilines is 1. The smallest absolute Gasteiger partial charge is 0.315 e. The van der Waals surface area contributed by atoms with E-state index in [9.17, 15) is 19.7 Å². The van der Waals surface area contributed by atoms with Crippen LogP contribution in [0, 0.1) is 10.1 Å². The van der Waals surface area contributed by atoms with E-state index in [-0.39, 0.29) is 17.3 Å². The van der Waals surface area contributed by atoms with Crippen LogP contribution in [0.3, 0.4) is 0 Å². The number of likely N-dealkylation sites (N-methyl/N-ethyl adjacent to an activating group) is 1. The summed E-state index contributed by atoms with van der Waals surface area (Å²) >= 11 is 0. The van der Waals surface area contributed by atoms with Gasteiger partial charge in [-0.1, -0.05) is 13.0 Å². The summed E-state index contributed by atoms with van der Waals surface area (Å²) in [6, 6.07) is 4.53. The minimum absolute atomic E-state index is 0.152. The van der Waals surface area contributed by atoms with Crippen molar-refractivity contribution >= 4 is 23.3 Å². The highest BCUT2D eigenvalue weighted by molar-refractivity contribution is 6.21. The van der Waals surface area contributed by atoms with Crippen molar-refractivity contribution in [3.8, 4) is 0 Å². The van der Waals surface area contributed by atoms with Gasteiger partial charge in [0.2, 0.25) is 0 Å². The van der Waals surface area contributed by atoms with Crippen molar-refractivity contribution in [1.82, 2.24) is 4.90 Å². The van der Waals surface area contributed by atoms with Gasteiger partial charge in [0.15, 0.2) is 0 Å². The molecule has 0 spiro atoms. The van der Waals surface area contributed by atoms with Crippen LogP contribution in [0.1, 0.15) is 13.3 Å². The predicted octanol–water partition coefficient (Wildman–Crippen LogP) is 1.77. The predicted molar refractivity (Wildman–Crippen MR) is 67.8 cm³/mol. The summed E-state index contributed by atoms with van der Waals surface area (Å²) in [5, 5.41) is 10.7.